The lowest BCUT2D eigenvalue weighted by atomic mass is 9.76. The fraction of sp³-hybridized carbons (Fsp3) is 0.741. The second-order valence-corrected chi connectivity index (χ2v) is 7.79. The molecule has 2 rings (SSSR count). The molecular formula is C27H52N2O2. The maximum absolute atomic E-state index is 7.00. The summed E-state index contributed by atoms with van der Waals surface area (Å²) in [6.07, 6.45) is 12.0. The molecule has 0 amide bonds. The van der Waals surface area contributed by atoms with Crippen molar-refractivity contribution in [2.75, 3.05) is 14.2 Å². The van der Waals surface area contributed by atoms with E-state index in [2.05, 4.69) is 32.0 Å². The number of amidine groups is 1. The summed E-state index contributed by atoms with van der Waals surface area (Å²) >= 11 is 0. The van der Waals surface area contributed by atoms with Crippen LogP contribution >= 0.6 is 0 Å². The molecule has 1 unspecified atom stereocenters. The number of aliphatic imine (C=N–C) groups is 1. The lowest BCUT2D eigenvalue weighted by molar-refractivity contribution is -0.0697. The predicted octanol–water partition coefficient (Wildman–Crippen LogP) is 7.01. The monoisotopic (exact) mass is 436 g/mol. The molecule has 0 heterocycles. The highest BCUT2D eigenvalue weighted by Gasteiger charge is 2.42. The summed E-state index contributed by atoms with van der Waals surface area (Å²) in [5.74, 6) is 1.01. The van der Waals surface area contributed by atoms with Crippen LogP contribution in [0, 0.1) is 5.92 Å². The van der Waals surface area contributed by atoms with Gasteiger partial charge in [0.2, 0.25) is 0 Å². The van der Waals surface area contributed by atoms with Crippen LogP contribution in [0.4, 0.5) is 0 Å². The number of methoxy groups -OCH3 is 1. The molecule has 0 spiro atoms. The van der Waals surface area contributed by atoms with Crippen molar-refractivity contribution in [1.82, 2.24) is 0 Å². The van der Waals surface area contributed by atoms with Crippen LogP contribution in [0.2, 0.25) is 0 Å². The van der Waals surface area contributed by atoms with E-state index in [-0.39, 0.29) is 7.43 Å². The summed E-state index contributed by atoms with van der Waals surface area (Å²) in [4.78, 5) is 4.94. The first-order chi connectivity index (χ1) is 14.6. The molecule has 1 aliphatic carbocycles. The van der Waals surface area contributed by atoms with Gasteiger partial charge in [0.1, 0.15) is 0 Å². The third-order valence-electron chi connectivity index (χ3n) is 5.82. The molecule has 182 valence electrons. The Morgan fingerprint density at radius 3 is 2.23 bits per heavy atom. The van der Waals surface area contributed by atoms with Crippen molar-refractivity contribution in [3.8, 4) is 0 Å². The van der Waals surface area contributed by atoms with Crippen molar-refractivity contribution in [2.45, 2.75) is 112 Å². The van der Waals surface area contributed by atoms with Gasteiger partial charge >= 0.3 is 0 Å². The standard InChI is InChI=1S/C23H38N2O.C2H6.CH4O.CH4/c1-5-7-9-12-19-15-16-20(6-2)22(17-19)23(26-4,25-18(3)24)21-13-10-8-11-14-21;2*1-2;/h15-17,21H,5-14H2,1-4H3,(H2,24,25);1-2H3;2H,1H3;1H4. The number of unbranched alkanes of at least 4 members (excludes halogenated alkanes) is 2. The number of hydrogen-bond donors (Lipinski definition) is 2. The minimum atomic E-state index is -0.634. The molecular weight excluding hydrogens is 384 g/mol. The number of aliphatic hydroxyl groups is 1. The SMILES string of the molecule is C.CC.CCCCCc1ccc(CC)c(C(/N=C(\C)N)(OC)C2CCCCC2)c1.CO. The highest BCUT2D eigenvalue weighted by Crippen LogP contribution is 2.44. The number of nitrogens with two attached hydrogens (primary N) is 1. The van der Waals surface area contributed by atoms with Crippen molar-refractivity contribution >= 4 is 5.84 Å². The number of ether oxygens (including phenoxy) is 1. The van der Waals surface area contributed by atoms with Gasteiger partial charge in [0.05, 0.1) is 5.84 Å². The molecule has 4 heteroatoms. The average molecular weight is 437 g/mol. The first-order valence-electron chi connectivity index (χ1n) is 12.0. The molecule has 1 aromatic rings. The topological polar surface area (TPSA) is 67.8 Å². The maximum atomic E-state index is 7.00. The van der Waals surface area contributed by atoms with Gasteiger partial charge in [0.25, 0.3) is 0 Å². The van der Waals surface area contributed by atoms with Gasteiger partial charge in [-0.3, -0.25) is 0 Å². The van der Waals surface area contributed by atoms with Crippen LogP contribution in [0.3, 0.4) is 0 Å². The molecule has 1 atom stereocenters. The molecule has 3 N–H and O–H groups in total. The van der Waals surface area contributed by atoms with E-state index < -0.39 is 5.72 Å². The van der Waals surface area contributed by atoms with Gasteiger partial charge in [-0.1, -0.05) is 85.4 Å². The predicted molar refractivity (Wildman–Crippen MR) is 138 cm³/mol. The average Bonchev–Trinajstić information content (AvgIpc) is 2.80. The van der Waals surface area contributed by atoms with Crippen LogP contribution in [0.25, 0.3) is 0 Å². The van der Waals surface area contributed by atoms with Crippen molar-refractivity contribution < 1.29 is 9.84 Å². The Kier molecular flexibility index (Phi) is 18.7. The number of nitrogens with zero attached hydrogens (tertiary/aromatic N) is 1. The fourth-order valence-corrected chi connectivity index (χ4v) is 4.45. The van der Waals surface area contributed by atoms with E-state index in [9.17, 15) is 0 Å². The van der Waals surface area contributed by atoms with Crippen molar-refractivity contribution in [3.05, 3.63) is 34.9 Å². The smallest absolute Gasteiger partial charge is 0.189 e. The lowest BCUT2D eigenvalue weighted by Crippen LogP contribution is -2.39. The van der Waals surface area contributed by atoms with Crippen LogP contribution in [0.15, 0.2) is 23.2 Å². The third kappa shape index (κ3) is 9.33. The molecule has 4 nitrogen and oxygen atoms in total. The zero-order valence-electron chi connectivity index (χ0n) is 20.8. The van der Waals surface area contributed by atoms with Gasteiger partial charge in [-0.05, 0) is 50.2 Å². The molecule has 0 saturated heterocycles. The van der Waals surface area contributed by atoms with E-state index in [1.165, 1.54) is 55.2 Å². The summed E-state index contributed by atoms with van der Waals surface area (Å²) < 4.78 is 6.23. The quantitative estimate of drug-likeness (QED) is 0.248. The van der Waals surface area contributed by atoms with Gasteiger partial charge in [-0.25, -0.2) is 4.99 Å². The summed E-state index contributed by atoms with van der Waals surface area (Å²) in [5.41, 5.74) is 9.44. The first kappa shape index (κ1) is 31.8. The molecule has 0 aliphatic heterocycles. The van der Waals surface area contributed by atoms with E-state index in [4.69, 9.17) is 20.6 Å². The summed E-state index contributed by atoms with van der Waals surface area (Å²) in [7, 11) is 2.81. The van der Waals surface area contributed by atoms with E-state index in [1.54, 1.807) is 0 Å². The van der Waals surface area contributed by atoms with Crippen LogP contribution < -0.4 is 5.73 Å². The molecule has 31 heavy (non-hydrogen) atoms. The van der Waals surface area contributed by atoms with E-state index in [0.717, 1.165) is 32.8 Å². The largest absolute Gasteiger partial charge is 0.400 e. The summed E-state index contributed by atoms with van der Waals surface area (Å²) in [6.45, 7) is 10.4. The molecule has 0 bridgehead atoms. The highest BCUT2D eigenvalue weighted by molar-refractivity contribution is 5.78. The van der Waals surface area contributed by atoms with Gasteiger partial charge < -0.3 is 15.6 Å². The zero-order chi connectivity index (χ0) is 23.0. The Hall–Kier alpha value is -1.39. The summed E-state index contributed by atoms with van der Waals surface area (Å²) in [6, 6.07) is 6.94. The first-order valence-corrected chi connectivity index (χ1v) is 12.0. The number of benzene rings is 1. The van der Waals surface area contributed by atoms with Gasteiger partial charge in [0.15, 0.2) is 5.72 Å². The molecule has 1 aromatic carbocycles. The molecule has 1 fully saturated rings. The number of aryl methyl sites for hydroxylation is 2. The Morgan fingerprint density at radius 1 is 1.13 bits per heavy atom. The summed E-state index contributed by atoms with van der Waals surface area (Å²) in [5, 5.41) is 7.00. The van der Waals surface area contributed by atoms with Gasteiger partial charge in [-0.15, -0.1) is 0 Å². The van der Waals surface area contributed by atoms with Crippen molar-refractivity contribution in [3.63, 3.8) is 0 Å². The Labute approximate surface area is 193 Å². The second kappa shape index (κ2) is 18.2. The van der Waals surface area contributed by atoms with Crippen LogP contribution in [0.5, 0.6) is 0 Å². The van der Waals surface area contributed by atoms with Crippen LogP contribution in [0.1, 0.15) is 110 Å². The van der Waals surface area contributed by atoms with Gasteiger partial charge in [0, 0.05) is 25.7 Å². The van der Waals surface area contributed by atoms with E-state index >= 15 is 0 Å². The minimum Gasteiger partial charge on any atom is -0.400 e. The Balaban J connectivity index is 0. The maximum Gasteiger partial charge on any atom is 0.189 e. The number of rotatable bonds is 9. The highest BCUT2D eigenvalue weighted by atomic mass is 16.5. The molecule has 1 aliphatic rings. The van der Waals surface area contributed by atoms with E-state index in [1.807, 2.05) is 27.9 Å². The fourth-order valence-electron chi connectivity index (χ4n) is 4.45. The van der Waals surface area contributed by atoms with Crippen molar-refractivity contribution in [1.29, 1.82) is 0 Å². The van der Waals surface area contributed by atoms with Crippen LogP contribution in [-0.4, -0.2) is 25.2 Å². The molecule has 0 aromatic heterocycles. The number of aliphatic hydroxyl groups excluding tert-OH is 1. The zero-order valence-corrected chi connectivity index (χ0v) is 20.8. The Morgan fingerprint density at radius 2 is 1.74 bits per heavy atom. The van der Waals surface area contributed by atoms with E-state index in [0.29, 0.717) is 11.8 Å². The number of hydrogen-bond acceptors (Lipinski definition) is 3. The third-order valence-corrected chi connectivity index (χ3v) is 5.82. The Bertz CT molecular complexity index is 591. The normalized spacial score (nSPS) is 16.1. The van der Waals surface area contributed by atoms with Crippen molar-refractivity contribution in [2.24, 2.45) is 16.6 Å². The second-order valence-electron chi connectivity index (χ2n) is 7.79. The van der Waals surface area contributed by atoms with Crippen LogP contribution in [-0.2, 0) is 23.3 Å². The molecule has 0 radical (unpaired) electrons. The lowest BCUT2D eigenvalue weighted by Gasteiger charge is -2.40. The molecule has 1 saturated carbocycles. The van der Waals surface area contributed by atoms with Gasteiger partial charge in [-0.2, -0.15) is 0 Å². The minimum absolute atomic E-state index is 0.